The van der Waals surface area contributed by atoms with Crippen molar-refractivity contribution < 1.29 is 19.4 Å². The monoisotopic (exact) mass is 433 g/mol. The second kappa shape index (κ2) is 15.4. The van der Waals surface area contributed by atoms with Crippen LogP contribution in [0.2, 0.25) is 0 Å². The average molecular weight is 434 g/mol. The third-order valence-electron chi connectivity index (χ3n) is 4.50. The number of benzene rings is 2. The highest BCUT2D eigenvalue weighted by atomic mass is 35.5. The number of hydrogen-bond donors (Lipinski definition) is 2. The minimum Gasteiger partial charge on any atom is -0.496 e. The lowest BCUT2D eigenvalue weighted by atomic mass is 10.1. The molecule has 5 nitrogen and oxygen atoms in total. The van der Waals surface area contributed by atoms with Crippen molar-refractivity contribution in [2.45, 2.75) is 32.1 Å². The number of aliphatic carboxylic acids is 1. The van der Waals surface area contributed by atoms with Crippen molar-refractivity contribution in [1.82, 2.24) is 5.32 Å². The maximum atomic E-state index is 10.5. The van der Waals surface area contributed by atoms with Crippen molar-refractivity contribution in [2.75, 3.05) is 26.8 Å². The van der Waals surface area contributed by atoms with Crippen LogP contribution in [0.5, 0.6) is 11.5 Å². The van der Waals surface area contributed by atoms with Crippen LogP contribution in [0.4, 0.5) is 0 Å². The van der Waals surface area contributed by atoms with Crippen LogP contribution < -0.4 is 14.8 Å². The number of carbonyl (C=O) groups is 1. The number of rotatable bonds is 14. The van der Waals surface area contributed by atoms with Gasteiger partial charge in [-0.15, -0.1) is 12.4 Å². The summed E-state index contributed by atoms with van der Waals surface area (Å²) in [5, 5.41) is 11.7. The number of unbranched alkanes of at least 4 members (excludes halogenated alkanes) is 2. The van der Waals surface area contributed by atoms with E-state index in [1.807, 2.05) is 36.4 Å². The highest BCUT2D eigenvalue weighted by Gasteiger charge is 2.03. The Morgan fingerprint density at radius 1 is 1.10 bits per heavy atom. The zero-order valence-corrected chi connectivity index (χ0v) is 18.3. The summed E-state index contributed by atoms with van der Waals surface area (Å²) in [5.41, 5.74) is 2.35. The SMILES string of the molecule is COc1cc(OCCCCCc2ccccc2)ccc1/C=C/CNCCC(=O)O.Cl. The third kappa shape index (κ3) is 10.3. The fraction of sp³-hybridized carbons (Fsp3) is 0.375. The molecule has 0 saturated carbocycles. The van der Waals surface area contributed by atoms with Crippen molar-refractivity contribution in [3.8, 4) is 11.5 Å². The molecule has 0 aliphatic carbocycles. The Hall–Kier alpha value is -2.50. The topological polar surface area (TPSA) is 67.8 Å². The van der Waals surface area contributed by atoms with Gasteiger partial charge in [-0.3, -0.25) is 4.79 Å². The normalized spacial score (nSPS) is 10.6. The molecule has 0 atom stereocenters. The Labute approximate surface area is 185 Å². The number of hydrogen-bond acceptors (Lipinski definition) is 4. The molecule has 0 spiro atoms. The predicted octanol–water partition coefficient (Wildman–Crippen LogP) is 4.99. The molecule has 30 heavy (non-hydrogen) atoms. The molecule has 164 valence electrons. The van der Waals surface area contributed by atoms with Crippen molar-refractivity contribution in [1.29, 1.82) is 0 Å². The highest BCUT2D eigenvalue weighted by molar-refractivity contribution is 5.85. The second-order valence-corrected chi connectivity index (χ2v) is 6.80. The van der Waals surface area contributed by atoms with E-state index in [0.29, 0.717) is 19.7 Å². The summed E-state index contributed by atoms with van der Waals surface area (Å²) in [5.74, 6) is 0.768. The summed E-state index contributed by atoms with van der Waals surface area (Å²) in [7, 11) is 1.64. The van der Waals surface area contributed by atoms with Gasteiger partial charge in [-0.25, -0.2) is 0 Å². The zero-order valence-electron chi connectivity index (χ0n) is 17.5. The Balaban J connectivity index is 0.00000450. The van der Waals surface area contributed by atoms with Crippen molar-refractivity contribution >= 4 is 24.5 Å². The first kappa shape index (κ1) is 25.5. The molecule has 0 fully saturated rings. The third-order valence-corrected chi connectivity index (χ3v) is 4.50. The number of carboxylic acids is 1. The summed E-state index contributed by atoms with van der Waals surface area (Å²) in [6, 6.07) is 16.4. The molecule has 0 aliphatic heterocycles. The fourth-order valence-corrected chi connectivity index (χ4v) is 2.93. The predicted molar refractivity (Wildman–Crippen MR) is 124 cm³/mol. The molecule has 2 aromatic rings. The van der Waals surface area contributed by atoms with Gasteiger partial charge in [-0.2, -0.15) is 0 Å². The molecule has 0 aromatic heterocycles. The molecule has 0 saturated heterocycles. The molecule has 0 amide bonds. The van der Waals surface area contributed by atoms with Gasteiger partial charge in [-0.1, -0.05) is 42.5 Å². The van der Waals surface area contributed by atoms with E-state index in [-0.39, 0.29) is 18.8 Å². The average Bonchev–Trinajstić information content (AvgIpc) is 2.74. The van der Waals surface area contributed by atoms with E-state index in [4.69, 9.17) is 14.6 Å². The highest BCUT2D eigenvalue weighted by Crippen LogP contribution is 2.26. The molecular weight excluding hydrogens is 402 g/mol. The van der Waals surface area contributed by atoms with Gasteiger partial charge >= 0.3 is 5.97 Å². The number of carboxylic acid groups (broad SMARTS) is 1. The lowest BCUT2D eigenvalue weighted by molar-refractivity contribution is -0.136. The number of ether oxygens (including phenoxy) is 2. The number of methoxy groups -OCH3 is 1. The van der Waals surface area contributed by atoms with Gasteiger partial charge in [0.15, 0.2) is 0 Å². The standard InChI is InChI=1S/C24H31NO4.ClH/c1-28-23-19-22(14-13-21(23)12-8-16-25-17-15-24(26)27)29-18-7-3-6-11-20-9-4-2-5-10-20;/h2,4-5,8-10,12-14,19,25H,3,6-7,11,15-18H2,1H3,(H,26,27);1H/b12-8+;. The van der Waals surface area contributed by atoms with E-state index in [9.17, 15) is 4.79 Å². The zero-order chi connectivity index (χ0) is 20.7. The molecule has 0 unspecified atom stereocenters. The van der Waals surface area contributed by atoms with E-state index >= 15 is 0 Å². The first-order valence-corrected chi connectivity index (χ1v) is 10.1. The number of aryl methyl sites for hydroxylation is 1. The molecule has 2 aromatic carbocycles. The van der Waals surface area contributed by atoms with E-state index in [0.717, 1.165) is 36.3 Å². The number of halogens is 1. The van der Waals surface area contributed by atoms with E-state index in [2.05, 4.69) is 29.6 Å². The molecular formula is C24H32ClNO4. The Morgan fingerprint density at radius 2 is 1.90 bits per heavy atom. The van der Waals surface area contributed by atoms with Gasteiger partial charge in [0.1, 0.15) is 11.5 Å². The fourth-order valence-electron chi connectivity index (χ4n) is 2.93. The molecule has 2 N–H and O–H groups in total. The minimum atomic E-state index is -0.796. The quantitative estimate of drug-likeness (QED) is 0.411. The van der Waals surface area contributed by atoms with Crippen molar-refractivity contribution in [3.05, 3.63) is 65.7 Å². The second-order valence-electron chi connectivity index (χ2n) is 6.80. The maximum absolute atomic E-state index is 10.5. The van der Waals surface area contributed by atoms with Crippen LogP contribution in [0, 0.1) is 0 Å². The first-order valence-electron chi connectivity index (χ1n) is 10.1. The lowest BCUT2D eigenvalue weighted by Crippen LogP contribution is -2.17. The maximum Gasteiger partial charge on any atom is 0.304 e. The Kier molecular flexibility index (Phi) is 13.1. The van der Waals surface area contributed by atoms with Gasteiger partial charge < -0.3 is 19.9 Å². The molecule has 6 heteroatoms. The molecule has 0 radical (unpaired) electrons. The minimum absolute atomic E-state index is 0. The van der Waals surface area contributed by atoms with Crippen LogP contribution in [-0.4, -0.2) is 37.9 Å². The number of nitrogens with one attached hydrogen (secondary N) is 1. The Morgan fingerprint density at radius 3 is 2.63 bits per heavy atom. The van der Waals surface area contributed by atoms with Crippen molar-refractivity contribution in [2.24, 2.45) is 0 Å². The van der Waals surface area contributed by atoms with Gasteiger partial charge in [-0.05, 0) is 43.4 Å². The molecule has 0 bridgehead atoms. The summed E-state index contributed by atoms with van der Waals surface area (Å²) < 4.78 is 11.3. The van der Waals surface area contributed by atoms with Crippen LogP contribution in [0.25, 0.3) is 6.08 Å². The largest absolute Gasteiger partial charge is 0.496 e. The van der Waals surface area contributed by atoms with E-state index < -0.39 is 5.97 Å². The summed E-state index contributed by atoms with van der Waals surface area (Å²) >= 11 is 0. The van der Waals surface area contributed by atoms with Crippen LogP contribution in [0.15, 0.2) is 54.6 Å². The van der Waals surface area contributed by atoms with Crippen LogP contribution >= 0.6 is 12.4 Å². The van der Waals surface area contributed by atoms with E-state index in [1.54, 1.807) is 7.11 Å². The van der Waals surface area contributed by atoms with Gasteiger partial charge in [0, 0.05) is 24.7 Å². The smallest absolute Gasteiger partial charge is 0.304 e. The van der Waals surface area contributed by atoms with Gasteiger partial charge in [0.05, 0.1) is 20.1 Å². The van der Waals surface area contributed by atoms with E-state index in [1.165, 1.54) is 12.0 Å². The van der Waals surface area contributed by atoms with Gasteiger partial charge in [0.25, 0.3) is 0 Å². The van der Waals surface area contributed by atoms with Crippen LogP contribution in [-0.2, 0) is 11.2 Å². The molecule has 0 heterocycles. The molecule has 2 rings (SSSR count). The Bertz CT molecular complexity index is 765. The first-order chi connectivity index (χ1) is 14.2. The van der Waals surface area contributed by atoms with Crippen LogP contribution in [0.1, 0.15) is 36.8 Å². The lowest BCUT2D eigenvalue weighted by Gasteiger charge is -2.10. The summed E-state index contributed by atoms with van der Waals surface area (Å²) in [6.45, 7) is 1.76. The van der Waals surface area contributed by atoms with Crippen molar-refractivity contribution in [3.63, 3.8) is 0 Å². The molecule has 0 aliphatic rings. The summed E-state index contributed by atoms with van der Waals surface area (Å²) in [6.07, 6.45) is 8.48. The van der Waals surface area contributed by atoms with Gasteiger partial charge in [0.2, 0.25) is 0 Å². The summed E-state index contributed by atoms with van der Waals surface area (Å²) in [4.78, 5) is 10.5. The van der Waals surface area contributed by atoms with Crippen LogP contribution in [0.3, 0.4) is 0 Å².